The Morgan fingerprint density at radius 1 is 1.40 bits per heavy atom. The molecule has 0 unspecified atom stereocenters. The van der Waals surface area contributed by atoms with Gasteiger partial charge in [0.1, 0.15) is 5.78 Å². The lowest BCUT2D eigenvalue weighted by molar-refractivity contribution is -0.141. The predicted molar refractivity (Wildman–Crippen MR) is 36.8 cm³/mol. The van der Waals surface area contributed by atoms with Gasteiger partial charge < -0.3 is 9.53 Å². The fourth-order valence-corrected chi connectivity index (χ4v) is 0.446. The summed E-state index contributed by atoms with van der Waals surface area (Å²) in [5.74, 6) is -0.493. The second-order valence-corrected chi connectivity index (χ2v) is 1.82. The Bertz CT molecular complexity index is 117. The Hall–Kier alpha value is -0.795. The van der Waals surface area contributed by atoms with E-state index in [9.17, 15) is 9.59 Å². The minimum Gasteiger partial charge on any atom is -0.469 e. The normalized spacial score (nSPS) is 8.90. The molecular weight excluding hydrogens is 131 g/mol. The van der Waals surface area contributed by atoms with Crippen LogP contribution in [0.5, 0.6) is 0 Å². The van der Waals surface area contributed by atoms with Gasteiger partial charge in [-0.25, -0.2) is 0 Å². The summed E-state index contributed by atoms with van der Waals surface area (Å²) < 4.78 is 4.31. The van der Waals surface area contributed by atoms with E-state index in [1.807, 2.05) is 0 Å². The van der Waals surface area contributed by atoms with Crippen molar-refractivity contribution in [2.45, 2.75) is 19.2 Å². The van der Waals surface area contributed by atoms with E-state index in [1.165, 1.54) is 7.11 Å². The molecule has 0 N–H and O–H groups in total. The Morgan fingerprint density at radius 2 is 2.00 bits per heavy atom. The number of rotatable bonds is 4. The van der Waals surface area contributed by atoms with Crippen LogP contribution in [0.1, 0.15) is 12.8 Å². The summed E-state index contributed by atoms with van der Waals surface area (Å²) in [5.41, 5.74) is 0. The molecule has 54 valence electrons. The molecule has 0 spiro atoms. The number of ketones is 1. The summed E-state index contributed by atoms with van der Waals surface area (Å²) in [4.78, 5) is 20.9. The fraction of sp³-hybridized carbons (Fsp3) is 0.667. The third-order valence-electron chi connectivity index (χ3n) is 1.06. The van der Waals surface area contributed by atoms with Gasteiger partial charge in [-0.3, -0.25) is 4.79 Å². The van der Waals surface area contributed by atoms with Crippen molar-refractivity contribution in [2.75, 3.05) is 7.11 Å². The average Bonchev–Trinajstić information content (AvgIpc) is 1.99. The molecule has 3 nitrogen and oxygen atoms in total. The van der Waals surface area contributed by atoms with Crippen molar-refractivity contribution in [1.82, 2.24) is 0 Å². The SMILES string of the molecule is [B]CC(=O)CCC(=O)OC. The zero-order valence-corrected chi connectivity index (χ0v) is 5.92. The van der Waals surface area contributed by atoms with Crippen LogP contribution in [0.3, 0.4) is 0 Å². The number of hydrogen-bond acceptors (Lipinski definition) is 3. The van der Waals surface area contributed by atoms with Gasteiger partial charge in [0.25, 0.3) is 0 Å². The maximum atomic E-state index is 10.5. The Balaban J connectivity index is 3.35. The molecule has 0 aliphatic rings. The topological polar surface area (TPSA) is 43.4 Å². The molecule has 0 aromatic carbocycles. The van der Waals surface area contributed by atoms with E-state index in [-0.39, 0.29) is 30.9 Å². The summed E-state index contributed by atoms with van der Waals surface area (Å²) in [6.07, 6.45) is 0.312. The molecule has 0 bridgehead atoms. The van der Waals surface area contributed by atoms with E-state index in [4.69, 9.17) is 7.85 Å². The largest absolute Gasteiger partial charge is 0.469 e. The lowest BCUT2D eigenvalue weighted by atomic mass is 9.98. The molecule has 0 aromatic heterocycles. The Labute approximate surface area is 61.2 Å². The van der Waals surface area contributed by atoms with Gasteiger partial charge in [0, 0.05) is 6.42 Å². The molecular formula is C6H9BO3. The van der Waals surface area contributed by atoms with Crippen LogP contribution in [-0.2, 0) is 14.3 Å². The van der Waals surface area contributed by atoms with Crippen molar-refractivity contribution in [3.63, 3.8) is 0 Å². The number of Topliss-reactive ketones (excluding diaryl/α,β-unsaturated/α-hetero) is 1. The number of esters is 1. The van der Waals surface area contributed by atoms with Crippen molar-refractivity contribution in [3.8, 4) is 0 Å². The van der Waals surface area contributed by atoms with E-state index < -0.39 is 0 Å². The minimum atomic E-state index is -0.373. The Kier molecular flexibility index (Phi) is 4.63. The molecule has 0 aliphatic carbocycles. The third kappa shape index (κ3) is 4.12. The summed E-state index contributed by atoms with van der Waals surface area (Å²) in [6.45, 7) is 0. The number of carbonyl (C=O) groups is 2. The van der Waals surface area contributed by atoms with E-state index in [0.717, 1.165) is 0 Å². The summed E-state index contributed by atoms with van der Waals surface area (Å²) in [6, 6.07) is 0. The standard InChI is InChI=1S/C6H9BO3/c1-10-6(9)3-2-5(8)4-7/h2-4H2,1H3. The maximum Gasteiger partial charge on any atom is 0.305 e. The van der Waals surface area contributed by atoms with Crippen LogP contribution in [0.15, 0.2) is 0 Å². The molecule has 0 heterocycles. The van der Waals surface area contributed by atoms with Gasteiger partial charge in [-0.15, -0.1) is 0 Å². The van der Waals surface area contributed by atoms with Gasteiger partial charge in [0.15, 0.2) is 0 Å². The highest BCUT2D eigenvalue weighted by Gasteiger charge is 2.03. The molecule has 0 atom stereocenters. The highest BCUT2D eigenvalue weighted by Crippen LogP contribution is 1.94. The van der Waals surface area contributed by atoms with E-state index >= 15 is 0 Å². The van der Waals surface area contributed by atoms with Crippen molar-refractivity contribution < 1.29 is 14.3 Å². The van der Waals surface area contributed by atoms with E-state index in [1.54, 1.807) is 0 Å². The van der Waals surface area contributed by atoms with Gasteiger partial charge >= 0.3 is 5.97 Å². The van der Waals surface area contributed by atoms with Gasteiger partial charge in [0.05, 0.1) is 21.4 Å². The lowest BCUT2D eigenvalue weighted by Gasteiger charge is -1.95. The fourth-order valence-electron chi connectivity index (χ4n) is 0.446. The van der Waals surface area contributed by atoms with E-state index in [0.29, 0.717) is 0 Å². The van der Waals surface area contributed by atoms with Crippen LogP contribution >= 0.6 is 0 Å². The number of ether oxygens (including phenoxy) is 1. The molecule has 2 radical (unpaired) electrons. The van der Waals surface area contributed by atoms with Gasteiger partial charge in [-0.1, -0.05) is 0 Å². The zero-order chi connectivity index (χ0) is 7.98. The van der Waals surface area contributed by atoms with Gasteiger partial charge in [-0.05, 0) is 6.32 Å². The van der Waals surface area contributed by atoms with Crippen LogP contribution < -0.4 is 0 Å². The molecule has 0 aliphatic heterocycles. The van der Waals surface area contributed by atoms with Crippen LogP contribution in [-0.4, -0.2) is 26.7 Å². The first-order chi connectivity index (χ1) is 4.70. The second kappa shape index (κ2) is 5.03. The van der Waals surface area contributed by atoms with E-state index in [2.05, 4.69) is 4.74 Å². The number of carbonyl (C=O) groups excluding carboxylic acids is 2. The quantitative estimate of drug-likeness (QED) is 0.410. The molecule has 0 rings (SSSR count). The van der Waals surface area contributed by atoms with Crippen molar-refractivity contribution in [3.05, 3.63) is 0 Å². The molecule has 0 saturated heterocycles. The summed E-state index contributed by atoms with van der Waals surface area (Å²) >= 11 is 0. The second-order valence-electron chi connectivity index (χ2n) is 1.82. The monoisotopic (exact) mass is 140 g/mol. The zero-order valence-electron chi connectivity index (χ0n) is 5.92. The smallest absolute Gasteiger partial charge is 0.305 e. The summed E-state index contributed by atoms with van der Waals surface area (Å²) in [5, 5.41) is 0. The minimum absolute atomic E-state index is 0.00298. The molecule has 10 heavy (non-hydrogen) atoms. The predicted octanol–water partition coefficient (Wildman–Crippen LogP) is 0.0955. The van der Waals surface area contributed by atoms with Crippen LogP contribution in [0, 0.1) is 0 Å². The number of methoxy groups -OCH3 is 1. The lowest BCUT2D eigenvalue weighted by Crippen LogP contribution is -2.04. The van der Waals surface area contributed by atoms with Crippen molar-refractivity contribution in [2.24, 2.45) is 0 Å². The van der Waals surface area contributed by atoms with Gasteiger partial charge in [0.2, 0.25) is 0 Å². The van der Waals surface area contributed by atoms with Crippen molar-refractivity contribution in [1.29, 1.82) is 0 Å². The highest BCUT2D eigenvalue weighted by atomic mass is 16.5. The van der Waals surface area contributed by atoms with Gasteiger partial charge in [-0.2, -0.15) is 0 Å². The third-order valence-corrected chi connectivity index (χ3v) is 1.06. The Morgan fingerprint density at radius 3 is 2.40 bits per heavy atom. The summed E-state index contributed by atoms with van der Waals surface area (Å²) in [7, 11) is 6.29. The highest BCUT2D eigenvalue weighted by molar-refractivity contribution is 6.20. The first-order valence-electron chi connectivity index (χ1n) is 2.99. The number of hydrogen-bond donors (Lipinski definition) is 0. The van der Waals surface area contributed by atoms with Crippen LogP contribution in [0.4, 0.5) is 0 Å². The maximum absolute atomic E-state index is 10.5. The average molecular weight is 140 g/mol. The van der Waals surface area contributed by atoms with Crippen LogP contribution in [0.25, 0.3) is 0 Å². The van der Waals surface area contributed by atoms with Crippen molar-refractivity contribution >= 4 is 19.6 Å². The molecule has 4 heteroatoms. The molecule has 0 fully saturated rings. The molecule has 0 amide bonds. The van der Waals surface area contributed by atoms with Crippen LogP contribution in [0.2, 0.25) is 6.32 Å². The molecule has 0 saturated carbocycles. The molecule has 0 aromatic rings. The first-order valence-corrected chi connectivity index (χ1v) is 2.99. The first kappa shape index (κ1) is 9.20.